The van der Waals surface area contributed by atoms with Gasteiger partial charge in [0.25, 0.3) is 0 Å². The zero-order valence-corrected chi connectivity index (χ0v) is 15.0. The summed E-state index contributed by atoms with van der Waals surface area (Å²) in [4.78, 5) is 14.1. The van der Waals surface area contributed by atoms with Gasteiger partial charge in [-0.2, -0.15) is 0 Å². The van der Waals surface area contributed by atoms with E-state index >= 15 is 0 Å². The van der Waals surface area contributed by atoms with Crippen LogP contribution in [0.3, 0.4) is 0 Å². The second kappa shape index (κ2) is 6.80. The molecule has 1 fully saturated rings. The monoisotopic (exact) mass is 338 g/mol. The molecule has 2 N–H and O–H groups in total. The van der Waals surface area contributed by atoms with Crippen molar-refractivity contribution in [2.45, 2.75) is 38.1 Å². The first kappa shape index (κ1) is 18.2. The number of hydrogen-bond acceptors (Lipinski definition) is 3. The van der Waals surface area contributed by atoms with E-state index in [1.807, 2.05) is 12.1 Å². The quantitative estimate of drug-likeness (QED) is 0.917. The predicted molar refractivity (Wildman–Crippen MR) is 94.3 cm³/mol. The van der Waals surface area contributed by atoms with Crippen LogP contribution in [0.15, 0.2) is 18.2 Å². The van der Waals surface area contributed by atoms with Crippen molar-refractivity contribution in [1.82, 2.24) is 4.90 Å². The third kappa shape index (κ3) is 3.00. The second-order valence-electron chi connectivity index (χ2n) is 6.99. The number of carbonyl (C=O) groups is 1. The van der Waals surface area contributed by atoms with Gasteiger partial charge < -0.3 is 10.5 Å². The molecule has 3 atom stereocenters. The normalized spacial score (nSPS) is 29.5. The van der Waals surface area contributed by atoms with Crippen LogP contribution in [0.25, 0.3) is 0 Å². The molecule has 4 nitrogen and oxygen atoms in total. The minimum absolute atomic E-state index is 0. The van der Waals surface area contributed by atoms with Gasteiger partial charge in [0, 0.05) is 25.3 Å². The number of ether oxygens (including phenoxy) is 1. The number of halogens is 1. The van der Waals surface area contributed by atoms with Crippen LogP contribution in [0.4, 0.5) is 0 Å². The fourth-order valence-electron chi connectivity index (χ4n) is 4.35. The largest absolute Gasteiger partial charge is 0.383 e. The second-order valence-corrected chi connectivity index (χ2v) is 6.99. The Morgan fingerprint density at radius 2 is 2.22 bits per heavy atom. The lowest BCUT2D eigenvalue weighted by molar-refractivity contribution is 0.0157. The molecule has 2 aliphatic rings. The van der Waals surface area contributed by atoms with Crippen LogP contribution in [-0.4, -0.2) is 43.7 Å². The molecule has 23 heavy (non-hydrogen) atoms. The van der Waals surface area contributed by atoms with Crippen molar-refractivity contribution >= 4 is 18.3 Å². The van der Waals surface area contributed by atoms with E-state index in [2.05, 4.69) is 24.8 Å². The van der Waals surface area contributed by atoms with Crippen LogP contribution >= 0.6 is 12.4 Å². The first-order valence-corrected chi connectivity index (χ1v) is 8.13. The zero-order chi connectivity index (χ0) is 15.9. The summed E-state index contributed by atoms with van der Waals surface area (Å²) >= 11 is 0. The topological polar surface area (TPSA) is 55.6 Å². The molecular weight excluding hydrogens is 312 g/mol. The molecule has 1 heterocycles. The Kier molecular flexibility index (Phi) is 5.39. The number of piperidine rings is 1. The lowest BCUT2D eigenvalue weighted by atomic mass is 9.59. The highest BCUT2D eigenvalue weighted by Gasteiger charge is 2.48. The highest BCUT2D eigenvalue weighted by atomic mass is 35.5. The molecule has 1 saturated heterocycles. The molecule has 1 aromatic rings. The molecular formula is C18H27ClN2O2. The summed E-state index contributed by atoms with van der Waals surface area (Å²) in [6.07, 6.45) is 2.17. The molecule has 0 saturated carbocycles. The van der Waals surface area contributed by atoms with Crippen LogP contribution in [0.5, 0.6) is 0 Å². The van der Waals surface area contributed by atoms with Gasteiger partial charge >= 0.3 is 0 Å². The number of amides is 1. The molecule has 1 aromatic carbocycles. The van der Waals surface area contributed by atoms with Gasteiger partial charge in [0.15, 0.2) is 0 Å². The molecule has 0 aromatic heterocycles. The molecule has 1 aliphatic heterocycles. The Morgan fingerprint density at radius 3 is 2.87 bits per heavy atom. The van der Waals surface area contributed by atoms with Crippen molar-refractivity contribution in [2.75, 3.05) is 26.8 Å². The number of likely N-dealkylation sites (tertiary alicyclic amines) is 1. The molecule has 1 amide bonds. The van der Waals surface area contributed by atoms with Gasteiger partial charge in [0.1, 0.15) is 0 Å². The van der Waals surface area contributed by atoms with E-state index < -0.39 is 0 Å². The van der Waals surface area contributed by atoms with Crippen molar-refractivity contribution in [3.05, 3.63) is 34.9 Å². The maximum Gasteiger partial charge on any atom is 0.248 e. The smallest absolute Gasteiger partial charge is 0.248 e. The predicted octanol–water partition coefficient (Wildman–Crippen LogP) is 2.38. The molecule has 0 unspecified atom stereocenters. The SMILES string of the molecule is COCCN1CC[C@]2(C)c3cc(C(N)=O)ccc3C[C@@H]1[C@@H]2C.Cl. The van der Waals surface area contributed by atoms with Crippen molar-refractivity contribution < 1.29 is 9.53 Å². The lowest BCUT2D eigenvalue weighted by Crippen LogP contribution is -2.58. The van der Waals surface area contributed by atoms with Gasteiger partial charge in [-0.1, -0.05) is 19.9 Å². The van der Waals surface area contributed by atoms with Crippen molar-refractivity contribution in [3.8, 4) is 0 Å². The number of fused-ring (bicyclic) bond motifs is 4. The number of primary amides is 1. The van der Waals surface area contributed by atoms with Crippen LogP contribution < -0.4 is 5.73 Å². The van der Waals surface area contributed by atoms with Gasteiger partial charge in [0.2, 0.25) is 5.91 Å². The molecule has 128 valence electrons. The van der Waals surface area contributed by atoms with E-state index in [1.165, 1.54) is 11.1 Å². The van der Waals surface area contributed by atoms with Crippen LogP contribution in [-0.2, 0) is 16.6 Å². The minimum atomic E-state index is -0.335. The van der Waals surface area contributed by atoms with Crippen molar-refractivity contribution in [2.24, 2.45) is 11.7 Å². The van der Waals surface area contributed by atoms with Gasteiger partial charge in [-0.3, -0.25) is 9.69 Å². The minimum Gasteiger partial charge on any atom is -0.383 e. The molecule has 0 spiro atoms. The molecule has 2 bridgehead atoms. The average molecular weight is 339 g/mol. The van der Waals surface area contributed by atoms with Crippen molar-refractivity contribution in [1.29, 1.82) is 0 Å². The van der Waals surface area contributed by atoms with Gasteiger partial charge in [0.05, 0.1) is 6.61 Å². The number of nitrogens with two attached hydrogens (primary N) is 1. The Labute approximate surface area is 144 Å². The third-order valence-electron chi connectivity index (χ3n) is 5.99. The Bertz CT molecular complexity index is 592. The maximum atomic E-state index is 11.5. The molecule has 3 rings (SSSR count). The summed E-state index contributed by atoms with van der Waals surface area (Å²) in [5, 5.41) is 0. The number of hydrogen-bond donors (Lipinski definition) is 1. The summed E-state index contributed by atoms with van der Waals surface area (Å²) in [6.45, 7) is 7.57. The van der Waals surface area contributed by atoms with E-state index in [-0.39, 0.29) is 23.7 Å². The summed E-state index contributed by atoms with van der Waals surface area (Å²) in [5.74, 6) is 0.229. The zero-order valence-electron chi connectivity index (χ0n) is 14.2. The maximum absolute atomic E-state index is 11.5. The van der Waals surface area contributed by atoms with Crippen LogP contribution in [0, 0.1) is 5.92 Å². The summed E-state index contributed by atoms with van der Waals surface area (Å²) in [5.41, 5.74) is 8.94. The van der Waals surface area contributed by atoms with Gasteiger partial charge in [-0.05, 0) is 54.0 Å². The van der Waals surface area contributed by atoms with Crippen LogP contribution in [0.2, 0.25) is 0 Å². The molecule has 5 heteroatoms. The number of methoxy groups -OCH3 is 1. The fraction of sp³-hybridized carbons (Fsp3) is 0.611. The van der Waals surface area contributed by atoms with Gasteiger partial charge in [-0.25, -0.2) is 0 Å². The average Bonchev–Trinajstić information content (AvgIpc) is 2.49. The third-order valence-corrected chi connectivity index (χ3v) is 5.99. The number of carbonyl (C=O) groups excluding carboxylic acids is 1. The first-order valence-electron chi connectivity index (χ1n) is 8.13. The lowest BCUT2D eigenvalue weighted by Gasteiger charge is -2.54. The van der Waals surface area contributed by atoms with E-state index in [4.69, 9.17) is 10.5 Å². The molecule has 1 aliphatic carbocycles. The Balaban J connectivity index is 0.00000192. The highest BCUT2D eigenvalue weighted by Crippen LogP contribution is 2.48. The Hall–Kier alpha value is -1.10. The van der Waals surface area contributed by atoms with Crippen LogP contribution in [0.1, 0.15) is 41.8 Å². The van der Waals surface area contributed by atoms with Gasteiger partial charge in [-0.15, -0.1) is 12.4 Å². The number of rotatable bonds is 4. The van der Waals surface area contributed by atoms with E-state index in [9.17, 15) is 4.79 Å². The van der Waals surface area contributed by atoms with E-state index in [1.54, 1.807) is 7.11 Å². The summed E-state index contributed by atoms with van der Waals surface area (Å²) in [6, 6.07) is 6.57. The Morgan fingerprint density at radius 1 is 1.48 bits per heavy atom. The fourth-order valence-corrected chi connectivity index (χ4v) is 4.35. The highest BCUT2D eigenvalue weighted by molar-refractivity contribution is 5.93. The van der Waals surface area contributed by atoms with Crippen molar-refractivity contribution in [3.63, 3.8) is 0 Å². The number of benzene rings is 1. The van der Waals surface area contributed by atoms with E-state index in [0.29, 0.717) is 17.5 Å². The van der Waals surface area contributed by atoms with E-state index in [0.717, 1.165) is 32.5 Å². The standard InChI is InChI=1S/C18H26N2O2.ClH/c1-12-16-11-13-4-5-14(17(19)21)10-15(13)18(12,2)6-7-20(16)8-9-22-3;/h4-5,10,12,16H,6-9,11H2,1-3H3,(H2,19,21);1H/t12-,16+,18-;/m0./s1. The summed E-state index contributed by atoms with van der Waals surface area (Å²) in [7, 11) is 1.76. The number of nitrogens with zero attached hydrogens (tertiary/aromatic N) is 1. The summed E-state index contributed by atoms with van der Waals surface area (Å²) < 4.78 is 5.26. The molecule has 0 radical (unpaired) electrons. The first-order chi connectivity index (χ1) is 10.5.